The quantitative estimate of drug-likeness (QED) is 0.291. The molecule has 2 heterocycles. The maximum Gasteiger partial charge on any atom is 0.410 e. The van der Waals surface area contributed by atoms with Gasteiger partial charge in [0.2, 0.25) is 0 Å². The molecule has 0 bridgehead atoms. The number of rotatable bonds is 6. The molecule has 1 aliphatic carbocycles. The first-order chi connectivity index (χ1) is 18.5. The lowest BCUT2D eigenvalue weighted by Gasteiger charge is -2.25. The Labute approximate surface area is 240 Å². The lowest BCUT2D eigenvalue weighted by atomic mass is 10.0. The van der Waals surface area contributed by atoms with E-state index in [4.69, 9.17) is 25.8 Å². The number of nitrogens with zero attached hydrogens (tertiary/aromatic N) is 3. The summed E-state index contributed by atoms with van der Waals surface area (Å²) in [6.45, 7) is 7.66. The molecule has 39 heavy (non-hydrogen) atoms. The van der Waals surface area contributed by atoms with Crippen molar-refractivity contribution in [2.45, 2.75) is 39.2 Å². The number of hydrogen-bond acceptors (Lipinski definition) is 7. The minimum Gasteiger partial charge on any atom is -0.493 e. The van der Waals surface area contributed by atoms with Crippen molar-refractivity contribution in [1.82, 2.24) is 14.9 Å². The second kappa shape index (κ2) is 11.0. The van der Waals surface area contributed by atoms with Gasteiger partial charge < -0.3 is 24.4 Å². The number of fused-ring (bicyclic) bond motifs is 2. The van der Waals surface area contributed by atoms with Gasteiger partial charge in [-0.1, -0.05) is 11.6 Å². The van der Waals surface area contributed by atoms with Crippen molar-refractivity contribution in [1.29, 1.82) is 0 Å². The largest absolute Gasteiger partial charge is 0.493 e. The van der Waals surface area contributed by atoms with Crippen molar-refractivity contribution >= 4 is 56.0 Å². The molecular weight excluding hydrogens is 591 g/mol. The number of benzene rings is 2. The average Bonchev–Trinajstić information content (AvgIpc) is 3.46. The number of carbonyl (C=O) groups is 1. The van der Waals surface area contributed by atoms with Gasteiger partial charge >= 0.3 is 6.09 Å². The van der Waals surface area contributed by atoms with E-state index in [1.54, 1.807) is 25.3 Å². The van der Waals surface area contributed by atoms with Gasteiger partial charge in [0.25, 0.3) is 0 Å². The topological polar surface area (TPSA) is 85.8 Å². The number of nitrogens with one attached hydrogen (secondary N) is 1. The molecule has 2 aromatic carbocycles. The van der Waals surface area contributed by atoms with E-state index < -0.39 is 11.4 Å². The predicted molar refractivity (Wildman–Crippen MR) is 151 cm³/mol. The molecule has 5 rings (SSSR count). The molecule has 1 unspecified atom stereocenters. The van der Waals surface area contributed by atoms with E-state index in [0.717, 1.165) is 25.9 Å². The molecule has 208 valence electrons. The van der Waals surface area contributed by atoms with Crippen LogP contribution in [0.15, 0.2) is 35.1 Å². The summed E-state index contributed by atoms with van der Waals surface area (Å²) in [6, 6.07) is 6.84. The molecule has 1 amide bonds. The molecule has 0 radical (unpaired) electrons. The van der Waals surface area contributed by atoms with Gasteiger partial charge in [0, 0.05) is 29.0 Å². The van der Waals surface area contributed by atoms with Crippen LogP contribution in [0.4, 0.5) is 20.7 Å². The number of ether oxygens (including phenoxy) is 3. The highest BCUT2D eigenvalue weighted by molar-refractivity contribution is 9.10. The number of halogens is 3. The van der Waals surface area contributed by atoms with Gasteiger partial charge in [0.15, 0.2) is 17.3 Å². The second-order valence-corrected chi connectivity index (χ2v) is 12.4. The lowest BCUT2D eigenvalue weighted by molar-refractivity contribution is 0.0276. The van der Waals surface area contributed by atoms with E-state index in [-0.39, 0.29) is 16.8 Å². The van der Waals surface area contributed by atoms with Crippen LogP contribution in [0.2, 0.25) is 5.02 Å². The standard InChI is InChI=1S/C28H31BrClFN4O4/c1-28(2,3)39-27(36)35-11-16-7-15(8-17(16)12-35)13-38-23-10-21-18(9-22(23)37-4)26(33-14-32-21)34-20-6-5-19(29)24(30)25(20)31/h5-6,9-10,14-17H,7-8,11-13H2,1-4H3,(H,32,33,34)/t15?,16-,17+. The molecule has 2 aliphatic rings. The van der Waals surface area contributed by atoms with Gasteiger partial charge in [-0.25, -0.2) is 19.2 Å². The SMILES string of the molecule is COc1cc2c(Nc3ccc(Br)c(Cl)c3F)ncnc2cc1OCC1C[C@@H]2CN(C(=O)OC(C)(C)C)C[C@@H]2C1. The smallest absolute Gasteiger partial charge is 0.410 e. The van der Waals surface area contributed by atoms with Crippen molar-refractivity contribution in [3.63, 3.8) is 0 Å². The van der Waals surface area contributed by atoms with Gasteiger partial charge in [-0.05, 0) is 85.5 Å². The fourth-order valence-corrected chi connectivity index (χ4v) is 5.90. The maximum absolute atomic E-state index is 14.7. The summed E-state index contributed by atoms with van der Waals surface area (Å²) in [5, 5.41) is 3.65. The Kier molecular flexibility index (Phi) is 7.79. The zero-order valence-corrected chi connectivity index (χ0v) is 24.6. The molecule has 3 atom stereocenters. The van der Waals surface area contributed by atoms with Gasteiger partial charge in [-0.2, -0.15) is 0 Å². The third kappa shape index (κ3) is 6.01. The summed E-state index contributed by atoms with van der Waals surface area (Å²) in [5.41, 5.74) is 0.331. The minimum atomic E-state index is -0.583. The summed E-state index contributed by atoms with van der Waals surface area (Å²) in [5.74, 6) is 2.25. The predicted octanol–water partition coefficient (Wildman–Crippen LogP) is 7.21. The molecule has 2 fully saturated rings. The Balaban J connectivity index is 1.26. The monoisotopic (exact) mass is 620 g/mol. The van der Waals surface area contributed by atoms with E-state index in [9.17, 15) is 9.18 Å². The Bertz CT molecular complexity index is 1390. The normalized spacial score (nSPS) is 20.7. The van der Waals surface area contributed by atoms with Crippen LogP contribution >= 0.6 is 27.5 Å². The Morgan fingerprint density at radius 1 is 1.18 bits per heavy atom. The average molecular weight is 622 g/mol. The van der Waals surface area contributed by atoms with Crippen LogP contribution < -0.4 is 14.8 Å². The van der Waals surface area contributed by atoms with Crippen molar-refractivity contribution in [2.75, 3.05) is 32.1 Å². The first kappa shape index (κ1) is 27.7. The molecule has 8 nitrogen and oxygen atoms in total. The molecule has 1 saturated carbocycles. The highest BCUT2D eigenvalue weighted by Crippen LogP contribution is 2.43. The van der Waals surface area contributed by atoms with Gasteiger partial charge in [0.1, 0.15) is 17.7 Å². The van der Waals surface area contributed by atoms with Crippen LogP contribution in [0.3, 0.4) is 0 Å². The lowest BCUT2D eigenvalue weighted by Crippen LogP contribution is -2.36. The van der Waals surface area contributed by atoms with Crippen LogP contribution in [0.5, 0.6) is 11.5 Å². The van der Waals surface area contributed by atoms with Crippen molar-refractivity contribution in [2.24, 2.45) is 17.8 Å². The summed E-state index contributed by atoms with van der Waals surface area (Å²) in [6.07, 6.45) is 3.18. The van der Waals surface area contributed by atoms with Gasteiger partial charge in [-0.15, -0.1) is 0 Å². The van der Waals surface area contributed by atoms with Crippen LogP contribution in [0.1, 0.15) is 33.6 Å². The molecule has 3 aromatic rings. The van der Waals surface area contributed by atoms with Crippen LogP contribution in [0, 0.1) is 23.6 Å². The molecule has 0 spiro atoms. The summed E-state index contributed by atoms with van der Waals surface area (Å²) in [4.78, 5) is 23.0. The van der Waals surface area contributed by atoms with Crippen molar-refractivity contribution in [3.8, 4) is 11.5 Å². The zero-order valence-electron chi connectivity index (χ0n) is 22.3. The van der Waals surface area contributed by atoms with Gasteiger partial charge in [-0.3, -0.25) is 0 Å². The molecule has 11 heteroatoms. The van der Waals surface area contributed by atoms with E-state index in [0.29, 0.717) is 57.1 Å². The van der Waals surface area contributed by atoms with E-state index in [2.05, 4.69) is 31.2 Å². The van der Waals surface area contributed by atoms with Gasteiger partial charge in [0.05, 0.1) is 29.9 Å². The van der Waals surface area contributed by atoms with E-state index in [1.165, 1.54) is 6.33 Å². The van der Waals surface area contributed by atoms with Crippen LogP contribution in [0.25, 0.3) is 10.9 Å². The van der Waals surface area contributed by atoms with Crippen LogP contribution in [-0.2, 0) is 4.74 Å². The third-order valence-electron chi connectivity index (χ3n) is 7.18. The number of methoxy groups -OCH3 is 1. The fourth-order valence-electron chi connectivity index (χ4n) is 5.43. The highest BCUT2D eigenvalue weighted by Gasteiger charge is 2.43. The molecule has 1 aliphatic heterocycles. The first-order valence-electron chi connectivity index (χ1n) is 12.9. The highest BCUT2D eigenvalue weighted by atomic mass is 79.9. The maximum atomic E-state index is 14.7. The summed E-state index contributed by atoms with van der Waals surface area (Å²) < 4.78 is 32.5. The Morgan fingerprint density at radius 2 is 1.90 bits per heavy atom. The van der Waals surface area contributed by atoms with Crippen LogP contribution in [-0.4, -0.2) is 53.4 Å². The Hall–Kier alpha value is -2.85. The third-order valence-corrected chi connectivity index (χ3v) is 8.44. The molecule has 1 saturated heterocycles. The number of anilines is 2. The summed E-state index contributed by atoms with van der Waals surface area (Å²) in [7, 11) is 1.57. The second-order valence-electron chi connectivity index (χ2n) is 11.1. The Morgan fingerprint density at radius 3 is 2.56 bits per heavy atom. The van der Waals surface area contributed by atoms with Crippen molar-refractivity contribution in [3.05, 3.63) is 45.9 Å². The number of aromatic nitrogens is 2. The summed E-state index contributed by atoms with van der Waals surface area (Å²) >= 11 is 9.27. The van der Waals surface area contributed by atoms with E-state index >= 15 is 0 Å². The zero-order chi connectivity index (χ0) is 27.9. The number of amides is 1. The minimum absolute atomic E-state index is 0.0137. The fraction of sp³-hybridized carbons (Fsp3) is 0.464. The first-order valence-corrected chi connectivity index (χ1v) is 14.0. The van der Waals surface area contributed by atoms with Crippen molar-refractivity contribution < 1.29 is 23.4 Å². The number of carbonyl (C=O) groups excluding carboxylic acids is 1. The molecule has 1 N–H and O–H groups in total. The molecule has 1 aromatic heterocycles. The number of hydrogen-bond donors (Lipinski definition) is 1. The van der Waals surface area contributed by atoms with E-state index in [1.807, 2.05) is 31.7 Å². The molecular formula is C28H31BrClFN4O4. The number of likely N-dealkylation sites (tertiary alicyclic amines) is 1.